The van der Waals surface area contributed by atoms with Gasteiger partial charge in [-0.05, 0) is 43.2 Å². The van der Waals surface area contributed by atoms with Gasteiger partial charge in [0.2, 0.25) is 11.8 Å². The molecule has 2 N–H and O–H groups in total. The third kappa shape index (κ3) is 4.35. The Bertz CT molecular complexity index is 1160. The molecule has 1 saturated heterocycles. The number of nitrogens with zero attached hydrogens (tertiary/aromatic N) is 1. The van der Waals surface area contributed by atoms with Crippen LogP contribution in [0.5, 0.6) is 11.5 Å². The van der Waals surface area contributed by atoms with E-state index < -0.39 is 21.2 Å². The molecule has 1 atom stereocenters. The normalized spacial score (nSPS) is 18.0. The SMILES string of the molecule is COc1ccc(OC)c(NS(=O)(=O)c2ccc3c(c2)NC(=O)C(C(=O)N2CCCC2)S3)c1. The molecule has 0 saturated carbocycles. The predicted molar refractivity (Wildman–Crippen MR) is 121 cm³/mol. The highest BCUT2D eigenvalue weighted by molar-refractivity contribution is 8.01. The number of likely N-dealkylation sites (tertiary alicyclic amines) is 1. The van der Waals surface area contributed by atoms with Crippen molar-refractivity contribution in [2.75, 3.05) is 37.3 Å². The van der Waals surface area contributed by atoms with Crippen LogP contribution in [0.1, 0.15) is 12.8 Å². The highest BCUT2D eigenvalue weighted by Crippen LogP contribution is 2.39. The van der Waals surface area contributed by atoms with Gasteiger partial charge in [0.05, 0.1) is 30.5 Å². The summed E-state index contributed by atoms with van der Waals surface area (Å²) >= 11 is 1.14. The fourth-order valence-corrected chi connectivity index (χ4v) is 5.76. The molecule has 0 radical (unpaired) electrons. The summed E-state index contributed by atoms with van der Waals surface area (Å²) in [5.74, 6) is 0.140. The second kappa shape index (κ2) is 8.91. The minimum Gasteiger partial charge on any atom is -0.497 e. The number of benzene rings is 2. The number of nitrogens with one attached hydrogen (secondary N) is 2. The van der Waals surface area contributed by atoms with E-state index in [0.717, 1.165) is 24.6 Å². The molecule has 0 aliphatic carbocycles. The van der Waals surface area contributed by atoms with Gasteiger partial charge in [-0.2, -0.15) is 0 Å². The zero-order chi connectivity index (χ0) is 22.9. The van der Waals surface area contributed by atoms with Gasteiger partial charge in [-0.3, -0.25) is 14.3 Å². The van der Waals surface area contributed by atoms with E-state index in [-0.39, 0.29) is 16.5 Å². The van der Waals surface area contributed by atoms with Gasteiger partial charge in [0, 0.05) is 24.1 Å². The van der Waals surface area contributed by atoms with Crippen molar-refractivity contribution in [1.29, 1.82) is 0 Å². The van der Waals surface area contributed by atoms with Crippen molar-refractivity contribution in [2.24, 2.45) is 0 Å². The first-order valence-electron chi connectivity index (χ1n) is 9.97. The Labute approximate surface area is 190 Å². The van der Waals surface area contributed by atoms with Crippen LogP contribution in [0.4, 0.5) is 11.4 Å². The molecular formula is C21H23N3O6S2. The summed E-state index contributed by atoms with van der Waals surface area (Å²) in [6.45, 7) is 1.32. The van der Waals surface area contributed by atoms with E-state index in [2.05, 4.69) is 10.0 Å². The lowest BCUT2D eigenvalue weighted by atomic mass is 10.2. The molecule has 0 bridgehead atoms. The highest BCUT2D eigenvalue weighted by Gasteiger charge is 2.37. The summed E-state index contributed by atoms with van der Waals surface area (Å²) < 4.78 is 38.9. The van der Waals surface area contributed by atoms with Crippen molar-refractivity contribution in [2.45, 2.75) is 27.9 Å². The molecule has 2 amide bonds. The van der Waals surface area contributed by atoms with Gasteiger partial charge in [0.1, 0.15) is 11.5 Å². The van der Waals surface area contributed by atoms with Crippen LogP contribution in [0, 0.1) is 0 Å². The lowest BCUT2D eigenvalue weighted by molar-refractivity contribution is -0.133. The molecule has 2 aliphatic heterocycles. The first kappa shape index (κ1) is 22.3. The van der Waals surface area contributed by atoms with Crippen LogP contribution in [0.25, 0.3) is 0 Å². The van der Waals surface area contributed by atoms with Gasteiger partial charge >= 0.3 is 0 Å². The van der Waals surface area contributed by atoms with Gasteiger partial charge in [-0.25, -0.2) is 8.42 Å². The molecule has 2 aromatic rings. The molecule has 32 heavy (non-hydrogen) atoms. The number of thioether (sulfide) groups is 1. The number of amides is 2. The van der Waals surface area contributed by atoms with Crippen molar-refractivity contribution in [3.05, 3.63) is 36.4 Å². The van der Waals surface area contributed by atoms with Gasteiger partial charge in [-0.15, -0.1) is 11.8 Å². The molecule has 0 spiro atoms. The number of hydrogen-bond donors (Lipinski definition) is 2. The Hall–Kier alpha value is -2.92. The number of hydrogen-bond acceptors (Lipinski definition) is 7. The minimum absolute atomic E-state index is 0.0358. The average Bonchev–Trinajstić information content (AvgIpc) is 3.32. The van der Waals surface area contributed by atoms with E-state index in [1.165, 1.54) is 32.4 Å². The lowest BCUT2D eigenvalue weighted by Gasteiger charge is -2.27. The molecule has 9 nitrogen and oxygen atoms in total. The van der Waals surface area contributed by atoms with Crippen molar-refractivity contribution in [3.63, 3.8) is 0 Å². The third-order valence-corrected chi connectivity index (χ3v) is 7.92. The largest absolute Gasteiger partial charge is 0.497 e. The van der Waals surface area contributed by atoms with Crippen LogP contribution in [-0.2, 0) is 19.6 Å². The van der Waals surface area contributed by atoms with Crippen LogP contribution >= 0.6 is 11.8 Å². The zero-order valence-corrected chi connectivity index (χ0v) is 19.2. The first-order valence-corrected chi connectivity index (χ1v) is 12.3. The number of carbonyl (C=O) groups excluding carboxylic acids is 2. The number of ether oxygens (including phenoxy) is 2. The summed E-state index contributed by atoms with van der Waals surface area (Å²) in [4.78, 5) is 27.6. The third-order valence-electron chi connectivity index (χ3n) is 5.30. The van der Waals surface area contributed by atoms with Crippen LogP contribution in [0.15, 0.2) is 46.2 Å². The standard InChI is InChI=1S/C21H23N3O6S2/c1-29-13-5-7-17(30-2)15(11-13)23-32(27,28)14-6-8-18-16(12-14)22-20(25)19(31-18)21(26)24-9-3-4-10-24/h5-8,11-12,19,23H,3-4,9-10H2,1-2H3,(H,22,25). The maximum Gasteiger partial charge on any atom is 0.262 e. The van der Waals surface area contributed by atoms with Crippen LogP contribution in [0.2, 0.25) is 0 Å². The monoisotopic (exact) mass is 477 g/mol. The van der Waals surface area contributed by atoms with Crippen LogP contribution in [0.3, 0.4) is 0 Å². The lowest BCUT2D eigenvalue weighted by Crippen LogP contribution is -2.43. The maximum atomic E-state index is 13.0. The molecule has 0 aromatic heterocycles. The Morgan fingerprint density at radius 3 is 2.56 bits per heavy atom. The molecule has 1 fully saturated rings. The zero-order valence-electron chi connectivity index (χ0n) is 17.6. The van der Waals surface area contributed by atoms with Crippen molar-refractivity contribution in [1.82, 2.24) is 4.90 Å². The van der Waals surface area contributed by atoms with Crippen LogP contribution < -0.4 is 19.5 Å². The Balaban J connectivity index is 1.57. The minimum atomic E-state index is -3.99. The number of fused-ring (bicyclic) bond motifs is 1. The van der Waals surface area contributed by atoms with E-state index in [4.69, 9.17) is 9.47 Å². The summed E-state index contributed by atoms with van der Waals surface area (Å²) in [6.07, 6.45) is 1.88. The van der Waals surface area contributed by atoms with E-state index in [1.54, 1.807) is 23.1 Å². The van der Waals surface area contributed by atoms with Crippen LogP contribution in [-0.4, -0.2) is 57.7 Å². The maximum absolute atomic E-state index is 13.0. The number of anilines is 2. The summed E-state index contributed by atoms with van der Waals surface area (Å²) in [6, 6.07) is 9.18. The Morgan fingerprint density at radius 2 is 1.88 bits per heavy atom. The summed E-state index contributed by atoms with van der Waals surface area (Å²) in [5, 5.41) is 1.81. The van der Waals surface area contributed by atoms with E-state index in [9.17, 15) is 18.0 Å². The number of methoxy groups -OCH3 is 2. The Kier molecular flexibility index (Phi) is 6.20. The second-order valence-corrected chi connectivity index (χ2v) is 10.2. The van der Waals surface area contributed by atoms with E-state index in [1.807, 2.05) is 0 Å². The molecule has 2 aromatic carbocycles. The Morgan fingerprint density at radius 1 is 1.12 bits per heavy atom. The predicted octanol–water partition coefficient (Wildman–Crippen LogP) is 2.54. The average molecular weight is 478 g/mol. The van der Waals surface area contributed by atoms with Crippen molar-refractivity contribution >= 4 is 45.0 Å². The smallest absolute Gasteiger partial charge is 0.262 e. The van der Waals surface area contributed by atoms with Crippen molar-refractivity contribution < 1.29 is 27.5 Å². The summed E-state index contributed by atoms with van der Waals surface area (Å²) in [7, 11) is -1.07. The fraction of sp³-hybridized carbons (Fsp3) is 0.333. The quantitative estimate of drug-likeness (QED) is 0.615. The fourth-order valence-electron chi connectivity index (χ4n) is 3.62. The molecule has 170 valence electrons. The molecule has 1 unspecified atom stereocenters. The van der Waals surface area contributed by atoms with E-state index in [0.29, 0.717) is 35.2 Å². The molecule has 11 heteroatoms. The van der Waals surface area contributed by atoms with Gasteiger partial charge in [-0.1, -0.05) is 0 Å². The van der Waals surface area contributed by atoms with Crippen molar-refractivity contribution in [3.8, 4) is 11.5 Å². The number of rotatable bonds is 6. The first-order chi connectivity index (χ1) is 15.3. The van der Waals surface area contributed by atoms with E-state index >= 15 is 0 Å². The van der Waals surface area contributed by atoms with Gasteiger partial charge < -0.3 is 19.7 Å². The second-order valence-electron chi connectivity index (χ2n) is 7.35. The molecule has 4 rings (SSSR count). The molecule has 2 heterocycles. The number of sulfonamides is 1. The highest BCUT2D eigenvalue weighted by atomic mass is 32.2. The van der Waals surface area contributed by atoms with Gasteiger partial charge in [0.25, 0.3) is 10.0 Å². The van der Waals surface area contributed by atoms with Gasteiger partial charge in [0.15, 0.2) is 5.25 Å². The molecular weight excluding hydrogens is 454 g/mol. The topological polar surface area (TPSA) is 114 Å². The molecule has 2 aliphatic rings. The summed E-state index contributed by atoms with van der Waals surface area (Å²) in [5.41, 5.74) is 0.574. The number of carbonyl (C=O) groups is 2.